The van der Waals surface area contributed by atoms with Crippen molar-refractivity contribution in [2.45, 2.75) is 5.41 Å². The molecule has 0 radical (unpaired) electrons. The summed E-state index contributed by atoms with van der Waals surface area (Å²) >= 11 is 0. The van der Waals surface area contributed by atoms with Gasteiger partial charge >= 0.3 is 0 Å². The summed E-state index contributed by atoms with van der Waals surface area (Å²) < 4.78 is 6.71. The fourth-order valence-corrected chi connectivity index (χ4v) is 8.90. The van der Waals surface area contributed by atoms with Gasteiger partial charge in [-0.1, -0.05) is 158 Å². The van der Waals surface area contributed by atoms with Crippen molar-refractivity contribution in [3.05, 3.63) is 228 Å². The molecule has 0 N–H and O–H groups in total. The number of nitrogens with zero attached hydrogens (tertiary/aromatic N) is 3. The highest BCUT2D eigenvalue weighted by Crippen LogP contribution is 2.62. The quantitative estimate of drug-likeness (QED) is 0.176. The molecule has 58 heavy (non-hydrogen) atoms. The van der Waals surface area contributed by atoms with Crippen molar-refractivity contribution in [3.63, 3.8) is 0 Å². The summed E-state index contributed by atoms with van der Waals surface area (Å²) in [6.45, 7) is 0. The maximum atomic E-state index is 9.47. The van der Waals surface area contributed by atoms with Crippen molar-refractivity contribution in [3.8, 4) is 84.9 Å². The number of benzene rings is 8. The Hall–Kier alpha value is -7.87. The summed E-state index contributed by atoms with van der Waals surface area (Å²) in [4.78, 5) is 10.1. The number of fused-ring (bicyclic) bond motifs is 9. The molecule has 1 spiro atoms. The normalized spacial score (nSPS) is 14.4. The van der Waals surface area contributed by atoms with Crippen LogP contribution in [0, 0.1) is 11.3 Å². The van der Waals surface area contributed by atoms with E-state index < -0.39 is 5.41 Å². The lowest BCUT2D eigenvalue weighted by molar-refractivity contribution is 0.436. The third-order valence-electron chi connectivity index (χ3n) is 11.6. The summed E-state index contributed by atoms with van der Waals surface area (Å²) in [7, 11) is 0. The van der Waals surface area contributed by atoms with Gasteiger partial charge in [0.1, 0.15) is 11.5 Å². The van der Waals surface area contributed by atoms with Gasteiger partial charge < -0.3 is 4.74 Å². The summed E-state index contributed by atoms with van der Waals surface area (Å²) in [6, 6.07) is 72.0. The van der Waals surface area contributed by atoms with Gasteiger partial charge in [0, 0.05) is 27.8 Å². The van der Waals surface area contributed by atoms with Crippen molar-refractivity contribution < 1.29 is 4.74 Å². The van der Waals surface area contributed by atoms with Crippen molar-refractivity contribution >= 4 is 0 Å². The molecule has 1 atom stereocenters. The largest absolute Gasteiger partial charge is 0.457 e. The molecular formula is C54H33N3O. The van der Waals surface area contributed by atoms with Gasteiger partial charge in [-0.3, -0.25) is 0 Å². The van der Waals surface area contributed by atoms with E-state index in [-0.39, 0.29) is 0 Å². The molecule has 1 unspecified atom stereocenters. The highest BCUT2D eigenvalue weighted by atomic mass is 16.5. The van der Waals surface area contributed by atoms with E-state index in [0.29, 0.717) is 11.4 Å². The fourth-order valence-electron chi connectivity index (χ4n) is 8.90. The van der Waals surface area contributed by atoms with E-state index in [4.69, 9.17) is 14.7 Å². The van der Waals surface area contributed by atoms with Gasteiger partial charge in [0.15, 0.2) is 5.82 Å². The number of ether oxygens (including phenoxy) is 1. The highest BCUT2D eigenvalue weighted by Gasteiger charge is 2.51. The Bertz CT molecular complexity index is 3020. The third-order valence-corrected chi connectivity index (χ3v) is 11.6. The first-order chi connectivity index (χ1) is 28.7. The summed E-state index contributed by atoms with van der Waals surface area (Å²) in [6.07, 6.45) is 0. The van der Waals surface area contributed by atoms with Crippen LogP contribution in [0.5, 0.6) is 11.5 Å². The van der Waals surface area contributed by atoms with Crippen LogP contribution in [0.4, 0.5) is 0 Å². The SMILES string of the molecule is N#Cc1ccc(-c2ccc3c(c2)C2(c4ccccc4O3)c3ccccc3-c3ccc(-c4ccc(-c5nc(-c6ccccc6)cc(-c6ccccc6)n5)cc4)cc32)cc1. The van der Waals surface area contributed by atoms with Crippen molar-refractivity contribution in [1.29, 1.82) is 5.26 Å². The van der Waals surface area contributed by atoms with Gasteiger partial charge in [-0.2, -0.15) is 5.26 Å². The highest BCUT2D eigenvalue weighted by molar-refractivity contribution is 5.91. The van der Waals surface area contributed by atoms with Crippen molar-refractivity contribution in [2.24, 2.45) is 0 Å². The lowest BCUT2D eigenvalue weighted by Crippen LogP contribution is -2.32. The van der Waals surface area contributed by atoms with Gasteiger partial charge in [-0.15, -0.1) is 0 Å². The second kappa shape index (κ2) is 13.4. The minimum absolute atomic E-state index is 0.631. The molecule has 4 nitrogen and oxygen atoms in total. The average molecular weight is 740 g/mol. The summed E-state index contributed by atoms with van der Waals surface area (Å²) in [5.41, 5.74) is 16.3. The van der Waals surface area contributed by atoms with Crippen LogP contribution >= 0.6 is 0 Å². The van der Waals surface area contributed by atoms with E-state index in [1.54, 1.807) is 0 Å². The zero-order valence-corrected chi connectivity index (χ0v) is 31.3. The maximum Gasteiger partial charge on any atom is 0.160 e. The smallest absolute Gasteiger partial charge is 0.160 e. The molecule has 0 saturated heterocycles. The summed E-state index contributed by atoms with van der Waals surface area (Å²) in [5, 5.41) is 9.47. The van der Waals surface area contributed by atoms with Crippen LogP contribution in [0.1, 0.15) is 27.8 Å². The number of aromatic nitrogens is 2. The molecule has 11 rings (SSSR count). The Labute approximate surface area is 337 Å². The van der Waals surface area contributed by atoms with E-state index in [9.17, 15) is 5.26 Å². The van der Waals surface area contributed by atoms with Gasteiger partial charge in [0.2, 0.25) is 0 Å². The molecule has 0 fully saturated rings. The van der Waals surface area contributed by atoms with Gasteiger partial charge in [0.05, 0.1) is 28.4 Å². The van der Waals surface area contributed by atoms with Crippen LogP contribution in [0.15, 0.2) is 200 Å². The molecule has 4 heteroatoms. The van der Waals surface area contributed by atoms with Crippen LogP contribution in [0.2, 0.25) is 0 Å². The molecule has 2 heterocycles. The van der Waals surface area contributed by atoms with E-state index in [2.05, 4.69) is 140 Å². The van der Waals surface area contributed by atoms with Crippen LogP contribution in [0.25, 0.3) is 67.3 Å². The third kappa shape index (κ3) is 5.29. The molecule has 1 aliphatic heterocycles. The van der Waals surface area contributed by atoms with Crippen LogP contribution in [-0.2, 0) is 5.41 Å². The first-order valence-electron chi connectivity index (χ1n) is 19.4. The maximum absolute atomic E-state index is 9.47. The van der Waals surface area contributed by atoms with Gasteiger partial charge in [-0.05, 0) is 87.0 Å². The zero-order chi connectivity index (χ0) is 38.6. The number of nitriles is 1. The molecule has 1 aromatic heterocycles. The molecule has 8 aromatic carbocycles. The summed E-state index contributed by atoms with van der Waals surface area (Å²) in [5.74, 6) is 2.37. The topological polar surface area (TPSA) is 58.8 Å². The Balaban J connectivity index is 1.06. The van der Waals surface area contributed by atoms with Crippen LogP contribution in [-0.4, -0.2) is 9.97 Å². The molecule has 0 saturated carbocycles. The Morgan fingerprint density at radius 1 is 0.379 bits per heavy atom. The van der Waals surface area contributed by atoms with E-state index in [1.165, 1.54) is 22.3 Å². The van der Waals surface area contributed by atoms with Crippen molar-refractivity contribution in [2.75, 3.05) is 0 Å². The Morgan fingerprint density at radius 3 is 1.55 bits per heavy atom. The van der Waals surface area contributed by atoms with Crippen LogP contribution in [0.3, 0.4) is 0 Å². The fraction of sp³-hybridized carbons (Fsp3) is 0.0185. The number of hydrogen-bond donors (Lipinski definition) is 0. The minimum Gasteiger partial charge on any atom is -0.457 e. The average Bonchev–Trinajstić information content (AvgIpc) is 3.59. The predicted octanol–water partition coefficient (Wildman–Crippen LogP) is 13.2. The lowest BCUT2D eigenvalue weighted by atomic mass is 9.65. The molecule has 270 valence electrons. The monoisotopic (exact) mass is 739 g/mol. The predicted molar refractivity (Wildman–Crippen MR) is 231 cm³/mol. The molecular weight excluding hydrogens is 707 g/mol. The first-order valence-corrected chi connectivity index (χ1v) is 19.4. The van der Waals surface area contributed by atoms with Crippen molar-refractivity contribution in [1.82, 2.24) is 9.97 Å². The zero-order valence-electron chi connectivity index (χ0n) is 31.3. The minimum atomic E-state index is -0.631. The molecule has 1 aliphatic carbocycles. The van der Waals surface area contributed by atoms with E-state index in [1.807, 2.05) is 66.7 Å². The second-order valence-corrected chi connectivity index (χ2v) is 14.8. The number of para-hydroxylation sites is 1. The van der Waals surface area contributed by atoms with Crippen LogP contribution < -0.4 is 4.74 Å². The number of hydrogen-bond acceptors (Lipinski definition) is 4. The first kappa shape index (κ1) is 33.5. The Kier molecular flexibility index (Phi) is 7.74. The standard InChI is InChI=1S/C54H33N3O/c55-34-35-19-21-36(22-20-35)42-28-30-52-48(32-42)54(46-17-9-10-18-51(46)58-52)45-16-8-7-15-43(45)44-29-27-41(31-47(44)54)37-23-25-40(26-24-37)53-56-49(38-11-3-1-4-12-38)33-50(57-53)39-13-5-2-6-14-39/h1-33H. The van der Waals surface area contributed by atoms with E-state index >= 15 is 0 Å². The second-order valence-electron chi connectivity index (χ2n) is 14.8. The molecule has 2 aliphatic rings. The molecule has 0 bridgehead atoms. The van der Waals surface area contributed by atoms with E-state index in [0.717, 1.165) is 73.0 Å². The van der Waals surface area contributed by atoms with Gasteiger partial charge in [0.25, 0.3) is 0 Å². The van der Waals surface area contributed by atoms with Gasteiger partial charge in [-0.25, -0.2) is 9.97 Å². The lowest BCUT2D eigenvalue weighted by Gasteiger charge is -2.39. The number of rotatable bonds is 5. The molecule has 9 aromatic rings. The molecule has 0 amide bonds. The Morgan fingerprint density at radius 2 is 0.879 bits per heavy atom.